The highest BCUT2D eigenvalue weighted by atomic mass is 28.4. The van der Waals surface area contributed by atoms with Crippen molar-refractivity contribution in [3.05, 3.63) is 0 Å². The van der Waals surface area contributed by atoms with Crippen LogP contribution in [0.3, 0.4) is 0 Å². The van der Waals surface area contributed by atoms with Gasteiger partial charge in [0.15, 0.2) is 18.1 Å². The monoisotopic (exact) mass is 638 g/mol. The van der Waals surface area contributed by atoms with Crippen molar-refractivity contribution >= 4 is 36.6 Å². The predicted molar refractivity (Wildman–Crippen MR) is 182 cm³/mol. The van der Waals surface area contributed by atoms with E-state index in [4.69, 9.17) is 8.23 Å². The lowest BCUT2D eigenvalue weighted by Crippen LogP contribution is -2.41. The maximum atomic E-state index is 10.9. The maximum absolute atomic E-state index is 10.9. The van der Waals surface area contributed by atoms with E-state index in [-0.39, 0.29) is 0 Å². The maximum Gasteiger partial charge on any atom is 0.311 e. The van der Waals surface area contributed by atoms with E-state index in [2.05, 4.69) is 0 Å². The van der Waals surface area contributed by atoms with Gasteiger partial charge in [-0.25, -0.2) is 0 Å². The van der Waals surface area contributed by atoms with Crippen molar-refractivity contribution in [2.75, 3.05) is 0 Å². The highest BCUT2D eigenvalue weighted by molar-refractivity contribution is 6.66. The molecule has 0 spiro atoms. The zero-order chi connectivity index (χ0) is 28.3. The molecule has 2 unspecified atom stereocenters. The summed E-state index contributed by atoms with van der Waals surface area (Å²) in [5.41, 5.74) is 4.78. The molecule has 0 heterocycles. The lowest BCUT2D eigenvalue weighted by atomic mass is 9.99. The van der Waals surface area contributed by atoms with Gasteiger partial charge in [-0.2, -0.15) is 0 Å². The molecule has 8 heteroatoms. The van der Waals surface area contributed by atoms with Gasteiger partial charge in [0.05, 0.1) is 0 Å². The summed E-state index contributed by atoms with van der Waals surface area (Å²) in [7, 11) is -6.14. The molecule has 6 rings (SSSR count). The van der Waals surface area contributed by atoms with Gasteiger partial charge in [0.2, 0.25) is 0 Å². The first-order valence-electron chi connectivity index (χ1n) is 18.9. The standard InChI is InChI=1S/C18H36O2Si2.C15H30O2Si2/c19-22(18-14-8-3-9-15-18)20-21(16-10-4-1-5-11-16)17-12-6-2-7-13-17;16-19(15-11-5-6-12-15)17-18(13-7-1-2-8-13)14-9-3-4-10-14/h16-19,21-22H,1-15H2;13-16,18-19H,1-12H2. The summed E-state index contributed by atoms with van der Waals surface area (Å²) in [5.74, 6) is 0. The van der Waals surface area contributed by atoms with E-state index >= 15 is 0 Å². The minimum Gasteiger partial charge on any atom is -0.440 e. The summed E-state index contributed by atoms with van der Waals surface area (Å²) in [5, 5.41) is 0. The lowest BCUT2D eigenvalue weighted by molar-refractivity contribution is 0.334. The fourth-order valence-electron chi connectivity index (χ4n) is 9.92. The number of hydrogen-bond donors (Lipinski definition) is 2. The summed E-state index contributed by atoms with van der Waals surface area (Å²) in [6, 6.07) is 0. The third-order valence-corrected chi connectivity index (χ3v) is 26.5. The van der Waals surface area contributed by atoms with E-state index in [9.17, 15) is 9.59 Å². The lowest BCUT2D eigenvalue weighted by Gasteiger charge is -2.39. The Hall–Kier alpha value is 0.708. The first kappa shape index (κ1) is 33.1. The normalized spacial score (nSPS) is 28.4. The Morgan fingerprint density at radius 1 is 0.293 bits per heavy atom. The predicted octanol–water partition coefficient (Wildman–Crippen LogP) is 8.71. The molecule has 4 nitrogen and oxygen atoms in total. The molecule has 0 aromatic heterocycles. The molecule has 6 fully saturated rings. The fraction of sp³-hybridized carbons (Fsp3) is 1.00. The zero-order valence-electron chi connectivity index (χ0n) is 26.6. The fourth-order valence-corrected chi connectivity index (χ4v) is 26.0. The van der Waals surface area contributed by atoms with Crippen LogP contribution in [0.1, 0.15) is 173 Å². The summed E-state index contributed by atoms with van der Waals surface area (Å²) in [6.45, 7) is 0. The van der Waals surface area contributed by atoms with Gasteiger partial charge in [0.25, 0.3) is 0 Å². The summed E-state index contributed by atoms with van der Waals surface area (Å²) >= 11 is 0. The van der Waals surface area contributed by atoms with Crippen LogP contribution in [0, 0.1) is 0 Å². The molecular weight excluding hydrogens is 573 g/mol. The Balaban J connectivity index is 0.000000166. The molecule has 2 atom stereocenters. The summed E-state index contributed by atoms with van der Waals surface area (Å²) in [6.07, 6.45) is 37.3. The average Bonchev–Trinajstić information content (AvgIpc) is 3.85. The smallest absolute Gasteiger partial charge is 0.311 e. The molecule has 0 radical (unpaired) electrons. The van der Waals surface area contributed by atoms with Crippen LogP contribution in [-0.2, 0) is 8.23 Å². The molecule has 6 saturated carbocycles. The van der Waals surface area contributed by atoms with E-state index in [1.165, 1.54) is 173 Å². The van der Waals surface area contributed by atoms with Gasteiger partial charge in [-0.1, -0.05) is 148 Å². The molecule has 0 aromatic carbocycles. The third kappa shape index (κ3) is 10.1. The van der Waals surface area contributed by atoms with Gasteiger partial charge in [0.1, 0.15) is 0 Å². The van der Waals surface area contributed by atoms with Gasteiger partial charge < -0.3 is 17.8 Å². The molecule has 0 amide bonds. The van der Waals surface area contributed by atoms with Crippen molar-refractivity contribution < 1.29 is 17.8 Å². The average molecular weight is 639 g/mol. The van der Waals surface area contributed by atoms with Crippen molar-refractivity contribution in [1.82, 2.24) is 0 Å². The number of hydrogen-bond acceptors (Lipinski definition) is 4. The minimum absolute atomic E-state index is 0.580. The second-order valence-corrected chi connectivity index (χ2v) is 26.6. The third-order valence-electron chi connectivity index (χ3n) is 12.4. The molecule has 0 saturated heterocycles. The molecule has 6 aliphatic carbocycles. The van der Waals surface area contributed by atoms with Crippen LogP contribution in [0.4, 0.5) is 0 Å². The second-order valence-electron chi connectivity index (χ2n) is 15.3. The van der Waals surface area contributed by atoms with Crippen LogP contribution in [0.15, 0.2) is 0 Å². The van der Waals surface area contributed by atoms with Crippen molar-refractivity contribution in [3.63, 3.8) is 0 Å². The van der Waals surface area contributed by atoms with E-state index in [1.54, 1.807) is 0 Å². The highest BCUT2D eigenvalue weighted by Gasteiger charge is 2.40. The Morgan fingerprint density at radius 3 is 0.732 bits per heavy atom. The van der Waals surface area contributed by atoms with Crippen LogP contribution in [-0.4, -0.2) is 46.2 Å². The van der Waals surface area contributed by atoms with Crippen molar-refractivity contribution in [2.24, 2.45) is 0 Å². The molecule has 238 valence electrons. The Kier molecular flexibility index (Phi) is 14.5. The van der Waals surface area contributed by atoms with E-state index in [0.29, 0.717) is 11.1 Å². The Morgan fingerprint density at radius 2 is 0.488 bits per heavy atom. The second kappa shape index (κ2) is 18.0. The molecule has 0 bridgehead atoms. The van der Waals surface area contributed by atoms with Crippen LogP contribution in [0.2, 0.25) is 33.2 Å². The molecule has 41 heavy (non-hydrogen) atoms. The molecular formula is C33H66O4Si4. The summed E-state index contributed by atoms with van der Waals surface area (Å²) < 4.78 is 13.2. The van der Waals surface area contributed by atoms with Gasteiger partial charge in [-0.05, 0) is 58.9 Å². The highest BCUT2D eigenvalue weighted by Crippen LogP contribution is 2.45. The minimum atomic E-state index is -1.92. The van der Waals surface area contributed by atoms with Crippen LogP contribution in [0.25, 0.3) is 0 Å². The first-order valence-corrected chi connectivity index (χ1v) is 25.8. The summed E-state index contributed by atoms with van der Waals surface area (Å²) in [4.78, 5) is 21.4. The van der Waals surface area contributed by atoms with Gasteiger partial charge in [-0.3, -0.25) is 0 Å². The Labute approximate surface area is 260 Å². The molecule has 2 N–H and O–H groups in total. The largest absolute Gasteiger partial charge is 0.440 e. The van der Waals surface area contributed by atoms with Gasteiger partial charge >= 0.3 is 18.6 Å². The van der Waals surface area contributed by atoms with Crippen molar-refractivity contribution in [3.8, 4) is 0 Å². The van der Waals surface area contributed by atoms with E-state index in [1.807, 2.05) is 0 Å². The van der Waals surface area contributed by atoms with Crippen LogP contribution >= 0.6 is 0 Å². The molecule has 6 aliphatic rings. The molecule has 0 aromatic rings. The quantitative estimate of drug-likeness (QED) is 0.235. The van der Waals surface area contributed by atoms with E-state index in [0.717, 1.165) is 22.2 Å². The zero-order valence-corrected chi connectivity index (χ0v) is 31.2. The first-order chi connectivity index (χ1) is 20.2. The van der Waals surface area contributed by atoms with Gasteiger partial charge in [0, 0.05) is 0 Å². The SMILES string of the molecule is O[SiH](O[SiH](C1CCCC1)C1CCCC1)C1CCCC1.O[SiH](O[SiH](C1CCCCC1)C1CCCCC1)C1CCCCC1. The van der Waals surface area contributed by atoms with Crippen molar-refractivity contribution in [2.45, 2.75) is 207 Å². The Bertz CT molecular complexity index is 661. The van der Waals surface area contributed by atoms with E-state index < -0.39 is 36.6 Å². The molecule has 0 aliphatic heterocycles. The van der Waals surface area contributed by atoms with Crippen LogP contribution < -0.4 is 0 Å². The van der Waals surface area contributed by atoms with Gasteiger partial charge in [-0.15, -0.1) is 0 Å². The van der Waals surface area contributed by atoms with Crippen LogP contribution in [0.5, 0.6) is 0 Å². The number of rotatable bonds is 10. The topological polar surface area (TPSA) is 58.9 Å². The van der Waals surface area contributed by atoms with Crippen molar-refractivity contribution in [1.29, 1.82) is 0 Å².